The lowest BCUT2D eigenvalue weighted by molar-refractivity contribution is 0.984. The van der Waals surface area contributed by atoms with E-state index in [1.807, 2.05) is 0 Å². The molecule has 0 aromatic carbocycles. The lowest BCUT2D eigenvalue weighted by Gasteiger charge is -1.69. The van der Waals surface area contributed by atoms with Gasteiger partial charge < -0.3 is 0 Å². The maximum atomic E-state index is 5.00. The second kappa shape index (κ2) is 3.56. The van der Waals surface area contributed by atoms with Crippen molar-refractivity contribution in [3.8, 4) is 12.3 Å². The molecule has 0 aromatic heterocycles. The highest BCUT2D eigenvalue weighted by Gasteiger charge is 1.61. The molecule has 0 spiro atoms. The summed E-state index contributed by atoms with van der Waals surface area (Å²) in [6.45, 7) is 2.07. The fourth-order valence-electron chi connectivity index (χ4n) is 0.144. The van der Waals surface area contributed by atoms with E-state index in [2.05, 4.69) is 12.8 Å². The van der Waals surface area contributed by atoms with Gasteiger partial charge in [0.1, 0.15) is 0 Å². The number of unbranched alkanes of at least 4 members (excludes halogenated alkanes) is 1. The first-order valence-corrected chi connectivity index (χ1v) is 1.85. The molecule has 0 aliphatic rings. The van der Waals surface area contributed by atoms with Crippen LogP contribution < -0.4 is 0 Å². The molecule has 0 radical (unpaired) electrons. The van der Waals surface area contributed by atoms with Gasteiger partial charge in [-0.25, -0.2) is 0 Å². The van der Waals surface area contributed by atoms with Crippen molar-refractivity contribution < 1.29 is 4.40 Å². The lowest BCUT2D eigenvalue weighted by Crippen LogP contribution is -1.53. The largest absolute Gasteiger partial charge is 0.120 e. The first-order valence-electron chi connectivity index (χ1n) is 2.85. The van der Waals surface area contributed by atoms with Gasteiger partial charge in [-0.2, -0.15) is 0 Å². The number of rotatable bonds is 1. The molecule has 0 nitrogen and oxygen atoms in total. The van der Waals surface area contributed by atoms with Crippen LogP contribution in [0.1, 0.15) is 24.2 Å². The van der Waals surface area contributed by atoms with Crippen molar-refractivity contribution >= 4 is 0 Å². The van der Waals surface area contributed by atoms with E-state index in [-0.39, 0.29) is 1.43 Å². The summed E-state index contributed by atoms with van der Waals surface area (Å²) in [7, 11) is 0. The SMILES string of the molecule is C#CCCC.[2HH].[2H][2H]. The van der Waals surface area contributed by atoms with Crippen LogP contribution in [0.25, 0.3) is 0 Å². The Bertz CT molecular complexity index is 46.1. The zero-order valence-electron chi connectivity index (χ0n) is 5.49. The summed E-state index contributed by atoms with van der Waals surface area (Å²) in [5.74, 6) is 2.52. The second-order valence-electron chi connectivity index (χ2n) is 0.954. The minimum Gasteiger partial charge on any atom is -0.120 e. The van der Waals surface area contributed by atoms with Crippen molar-refractivity contribution in [1.29, 1.82) is 0 Å². The van der Waals surface area contributed by atoms with Gasteiger partial charge in [-0.05, 0) is 6.42 Å². The molecule has 0 heteroatoms. The van der Waals surface area contributed by atoms with E-state index in [4.69, 9.17) is 9.39 Å². The molecule has 0 heterocycles. The number of hydrogen-bond donors (Lipinski definition) is 0. The third-order valence-electron chi connectivity index (χ3n) is 0.394. The first kappa shape index (κ1) is 2.78. The maximum Gasteiger partial charge on any atom is 0.00834 e. The van der Waals surface area contributed by atoms with Crippen LogP contribution in [0.2, 0.25) is 0 Å². The molecule has 0 atom stereocenters. The molecule has 0 bridgehead atoms. The van der Waals surface area contributed by atoms with Crippen molar-refractivity contribution in [2.45, 2.75) is 19.8 Å². The van der Waals surface area contributed by atoms with E-state index < -0.39 is 0 Å². The highest BCUT2D eigenvalue weighted by Crippen LogP contribution is 1.77. The zero-order valence-corrected chi connectivity index (χ0v) is 3.49. The van der Waals surface area contributed by atoms with Crippen LogP contribution in [0.4, 0.5) is 0 Å². The summed E-state index contributed by atoms with van der Waals surface area (Å²) in [5, 5.41) is 0. The molecule has 0 aliphatic carbocycles. The molecule has 5 heavy (non-hydrogen) atoms. The summed E-state index contributed by atoms with van der Waals surface area (Å²) < 4.78 is 10.0. The normalized spacial score (nSPS) is 8.00. The Morgan fingerprint density at radius 1 is 2.20 bits per heavy atom. The molecule has 32 valence electrons. The van der Waals surface area contributed by atoms with Gasteiger partial charge in [-0.15, -0.1) is 12.3 Å². The van der Waals surface area contributed by atoms with Crippen LogP contribution >= 0.6 is 0 Å². The standard InChI is InChI=1S/C5H8.2H2/c1-3-5-4-2;;/h1H,4-5H2,2H3;2*1H/i;1+1D;1+1. The van der Waals surface area contributed by atoms with Crippen molar-refractivity contribution in [3.63, 3.8) is 0 Å². The van der Waals surface area contributed by atoms with Crippen LogP contribution in [0.15, 0.2) is 0 Å². The number of terminal acetylenes is 1. The average molecular weight is 75.2 g/mol. The van der Waals surface area contributed by atoms with Crippen molar-refractivity contribution in [2.75, 3.05) is 0 Å². The smallest absolute Gasteiger partial charge is 0.00834 e. The molecule has 0 saturated carbocycles. The molecular formula is C5H12. The Hall–Kier alpha value is -0.440. The molecule has 0 aromatic rings. The molecule has 0 unspecified atom stereocenters. The monoisotopic (exact) mass is 75.1 g/mol. The number of hydrogen-bond acceptors (Lipinski definition) is 0. The van der Waals surface area contributed by atoms with Gasteiger partial charge in [0.15, 0.2) is 0 Å². The second-order valence-corrected chi connectivity index (χ2v) is 0.954. The van der Waals surface area contributed by atoms with E-state index in [0.717, 1.165) is 12.8 Å². The molecular weight excluding hydrogens is 60.1 g/mol. The third-order valence-corrected chi connectivity index (χ3v) is 0.394. The Kier molecular flexibility index (Phi) is 1.98. The zero-order chi connectivity index (χ0) is 6.12. The quantitative estimate of drug-likeness (QED) is 0.418. The van der Waals surface area contributed by atoms with Crippen molar-refractivity contribution in [1.82, 2.24) is 0 Å². The average Bonchev–Trinajstić information content (AvgIpc) is 1.75. The Morgan fingerprint density at radius 3 is 2.80 bits per heavy atom. The Morgan fingerprint density at radius 2 is 2.80 bits per heavy atom. The van der Waals surface area contributed by atoms with Crippen LogP contribution in [0, 0.1) is 12.3 Å². The Balaban J connectivity index is -0.0000000750. The van der Waals surface area contributed by atoms with Gasteiger partial charge in [0.2, 0.25) is 0 Å². The molecule has 0 rings (SSSR count). The highest BCUT2D eigenvalue weighted by molar-refractivity contribution is 4.81. The summed E-state index contributed by atoms with van der Waals surface area (Å²) in [6, 6.07) is 0. The minimum absolute atomic E-state index is 0. The summed E-state index contributed by atoms with van der Waals surface area (Å²) in [6.07, 6.45) is 6.91. The van der Waals surface area contributed by atoms with E-state index in [1.165, 1.54) is 0 Å². The summed E-state index contributed by atoms with van der Waals surface area (Å²) in [5.41, 5.74) is 0. The van der Waals surface area contributed by atoms with Gasteiger partial charge in [-0.3, -0.25) is 0 Å². The van der Waals surface area contributed by atoms with E-state index in [9.17, 15) is 0 Å². The molecule has 0 amide bonds. The maximum absolute atomic E-state index is 5.00. The minimum atomic E-state index is 0. The lowest BCUT2D eigenvalue weighted by atomic mass is 10.4. The fraction of sp³-hybridized carbons (Fsp3) is 0.600. The predicted octanol–water partition coefficient (Wildman–Crippen LogP) is 1.91. The van der Waals surface area contributed by atoms with Crippen LogP contribution in [-0.4, -0.2) is 0 Å². The van der Waals surface area contributed by atoms with Crippen LogP contribution in [0.5, 0.6) is 0 Å². The molecule has 0 saturated heterocycles. The fourth-order valence-corrected chi connectivity index (χ4v) is 0.144. The van der Waals surface area contributed by atoms with Gasteiger partial charge in [0, 0.05) is 10.8 Å². The summed E-state index contributed by atoms with van der Waals surface area (Å²) >= 11 is 0. The van der Waals surface area contributed by atoms with Gasteiger partial charge >= 0.3 is 0 Å². The molecule has 0 aliphatic heterocycles. The Labute approximate surface area is 37.8 Å². The van der Waals surface area contributed by atoms with Crippen molar-refractivity contribution in [2.24, 2.45) is 0 Å². The van der Waals surface area contributed by atoms with E-state index in [0.29, 0.717) is 0 Å². The van der Waals surface area contributed by atoms with E-state index >= 15 is 0 Å². The van der Waals surface area contributed by atoms with Crippen LogP contribution in [-0.2, 0) is 0 Å². The van der Waals surface area contributed by atoms with Crippen LogP contribution in [0.3, 0.4) is 0 Å². The van der Waals surface area contributed by atoms with Gasteiger partial charge in [-0.1, -0.05) is 6.92 Å². The van der Waals surface area contributed by atoms with E-state index in [1.54, 1.807) is 0 Å². The molecule has 0 fully saturated rings. The predicted molar refractivity (Wildman–Crippen MR) is 28.0 cm³/mol. The van der Waals surface area contributed by atoms with Crippen molar-refractivity contribution in [3.05, 3.63) is 0 Å². The third kappa shape index (κ3) is 3.56. The first-order chi connectivity index (χ1) is 3.41. The van der Waals surface area contributed by atoms with Gasteiger partial charge in [0.05, 0.1) is 0 Å². The topological polar surface area (TPSA) is 0 Å². The summed E-state index contributed by atoms with van der Waals surface area (Å²) in [4.78, 5) is 0. The van der Waals surface area contributed by atoms with Gasteiger partial charge in [0.25, 0.3) is 0 Å². The highest BCUT2D eigenvalue weighted by atomic mass is 13.7. The molecule has 0 N–H and O–H groups in total.